The maximum absolute atomic E-state index is 12.5. The number of nitrogens with one attached hydrogen (secondary N) is 2. The van der Waals surface area contributed by atoms with E-state index in [9.17, 15) is 18.0 Å². The maximum Gasteiger partial charge on any atom is 0.225 e. The van der Waals surface area contributed by atoms with Gasteiger partial charge in [0.25, 0.3) is 0 Å². The molecule has 0 spiro atoms. The molecule has 2 N–H and O–H groups in total. The van der Waals surface area contributed by atoms with E-state index in [1.54, 1.807) is 17.8 Å². The Kier molecular flexibility index (Phi) is 6.51. The van der Waals surface area contributed by atoms with Crippen molar-refractivity contribution in [3.05, 3.63) is 18.2 Å². The van der Waals surface area contributed by atoms with E-state index in [1.165, 1.54) is 12.1 Å². The van der Waals surface area contributed by atoms with Crippen molar-refractivity contribution in [2.75, 3.05) is 11.1 Å². The summed E-state index contributed by atoms with van der Waals surface area (Å²) in [6, 6.07) is 4.77. The van der Waals surface area contributed by atoms with Crippen LogP contribution in [0, 0.1) is 0 Å². The van der Waals surface area contributed by atoms with Gasteiger partial charge in [-0.2, -0.15) is 0 Å². The average molecular weight is 385 g/mol. The van der Waals surface area contributed by atoms with Crippen LogP contribution in [0.3, 0.4) is 0 Å². The number of thioether (sulfide) groups is 1. The number of hydrogen-bond acceptors (Lipinski definition) is 5. The zero-order valence-corrected chi connectivity index (χ0v) is 16.3. The average Bonchev–Trinajstić information content (AvgIpc) is 2.68. The Morgan fingerprint density at radius 3 is 2.84 bits per heavy atom. The van der Waals surface area contributed by atoms with E-state index in [4.69, 9.17) is 0 Å². The first-order valence-electron chi connectivity index (χ1n) is 8.34. The first kappa shape index (κ1) is 19.8. The summed E-state index contributed by atoms with van der Waals surface area (Å²) < 4.78 is 25.0. The quantitative estimate of drug-likeness (QED) is 0.786. The Bertz CT molecular complexity index is 762. The molecule has 1 aliphatic heterocycles. The van der Waals surface area contributed by atoms with Crippen LogP contribution in [-0.2, 0) is 19.4 Å². The Morgan fingerprint density at radius 2 is 2.16 bits per heavy atom. The standard InChI is InChI=1S/C17H24N2O4S2/c1-4-11(2)18-16(20)7-8-25(22,23)13-5-6-15-14(10-13)19-17(21)9-12(3)24-15/h5-6,10-12H,4,7-9H2,1-3H3,(H,18,20)(H,19,21)/t11-,12-/m1/s1. The fourth-order valence-corrected chi connectivity index (χ4v) is 4.73. The highest BCUT2D eigenvalue weighted by Gasteiger charge is 2.23. The molecule has 1 aromatic carbocycles. The number of amides is 2. The molecule has 0 radical (unpaired) electrons. The zero-order valence-electron chi connectivity index (χ0n) is 14.7. The third-order valence-electron chi connectivity index (χ3n) is 4.00. The van der Waals surface area contributed by atoms with Gasteiger partial charge in [0.05, 0.1) is 16.3 Å². The third-order valence-corrected chi connectivity index (χ3v) is 6.90. The minimum absolute atomic E-state index is 0.0249. The molecule has 2 rings (SSSR count). The number of carbonyl (C=O) groups excluding carboxylic acids is 2. The largest absolute Gasteiger partial charge is 0.354 e. The predicted molar refractivity (Wildman–Crippen MR) is 99.6 cm³/mol. The summed E-state index contributed by atoms with van der Waals surface area (Å²) in [5.41, 5.74) is 0.518. The molecule has 138 valence electrons. The summed E-state index contributed by atoms with van der Waals surface area (Å²) in [5, 5.41) is 5.65. The fourth-order valence-electron chi connectivity index (χ4n) is 2.42. The molecule has 25 heavy (non-hydrogen) atoms. The fraction of sp³-hybridized carbons (Fsp3) is 0.529. The Balaban J connectivity index is 2.12. The zero-order chi connectivity index (χ0) is 18.6. The lowest BCUT2D eigenvalue weighted by Gasteiger charge is -2.12. The van der Waals surface area contributed by atoms with Crippen molar-refractivity contribution in [1.82, 2.24) is 5.32 Å². The van der Waals surface area contributed by atoms with Crippen molar-refractivity contribution in [3.8, 4) is 0 Å². The number of rotatable bonds is 6. The van der Waals surface area contributed by atoms with E-state index in [1.807, 2.05) is 20.8 Å². The second-order valence-electron chi connectivity index (χ2n) is 6.28. The smallest absolute Gasteiger partial charge is 0.225 e. The molecule has 0 saturated carbocycles. The highest BCUT2D eigenvalue weighted by atomic mass is 32.2. The van der Waals surface area contributed by atoms with Crippen molar-refractivity contribution >= 4 is 39.1 Å². The molecular weight excluding hydrogens is 360 g/mol. The van der Waals surface area contributed by atoms with Gasteiger partial charge in [0.15, 0.2) is 9.84 Å². The molecule has 0 fully saturated rings. The van der Waals surface area contributed by atoms with Crippen LogP contribution < -0.4 is 10.6 Å². The molecule has 8 heteroatoms. The van der Waals surface area contributed by atoms with Crippen LogP contribution in [-0.4, -0.2) is 37.3 Å². The number of sulfone groups is 1. The lowest BCUT2D eigenvalue weighted by Crippen LogP contribution is -2.33. The van der Waals surface area contributed by atoms with Gasteiger partial charge < -0.3 is 10.6 Å². The highest BCUT2D eigenvalue weighted by molar-refractivity contribution is 8.00. The van der Waals surface area contributed by atoms with Gasteiger partial charge in [-0.15, -0.1) is 11.8 Å². The van der Waals surface area contributed by atoms with Crippen LogP contribution in [0.1, 0.15) is 40.0 Å². The van der Waals surface area contributed by atoms with E-state index < -0.39 is 9.84 Å². The van der Waals surface area contributed by atoms with Gasteiger partial charge >= 0.3 is 0 Å². The van der Waals surface area contributed by atoms with Crippen molar-refractivity contribution in [1.29, 1.82) is 0 Å². The molecule has 1 aliphatic rings. The lowest BCUT2D eigenvalue weighted by molar-refractivity contribution is -0.121. The summed E-state index contributed by atoms with van der Waals surface area (Å²) >= 11 is 1.54. The van der Waals surface area contributed by atoms with Gasteiger partial charge in [0, 0.05) is 29.0 Å². The monoisotopic (exact) mass is 384 g/mol. The summed E-state index contributed by atoms with van der Waals surface area (Å²) in [6.07, 6.45) is 1.10. The van der Waals surface area contributed by atoms with Crippen LogP contribution in [0.15, 0.2) is 28.0 Å². The van der Waals surface area contributed by atoms with Gasteiger partial charge in [0.2, 0.25) is 11.8 Å². The second kappa shape index (κ2) is 8.23. The van der Waals surface area contributed by atoms with E-state index in [0.717, 1.165) is 11.3 Å². The van der Waals surface area contributed by atoms with Crippen molar-refractivity contribution in [3.63, 3.8) is 0 Å². The number of carbonyl (C=O) groups is 2. The van der Waals surface area contributed by atoms with Gasteiger partial charge in [-0.25, -0.2) is 8.42 Å². The minimum atomic E-state index is -3.60. The molecule has 1 heterocycles. The van der Waals surface area contributed by atoms with E-state index >= 15 is 0 Å². The van der Waals surface area contributed by atoms with Crippen LogP contribution >= 0.6 is 11.8 Å². The van der Waals surface area contributed by atoms with Crippen molar-refractivity contribution < 1.29 is 18.0 Å². The van der Waals surface area contributed by atoms with Gasteiger partial charge in [-0.05, 0) is 31.5 Å². The molecule has 0 aliphatic carbocycles. The molecule has 6 nitrogen and oxygen atoms in total. The van der Waals surface area contributed by atoms with Crippen LogP contribution in [0.2, 0.25) is 0 Å². The van der Waals surface area contributed by atoms with Gasteiger partial charge in [-0.1, -0.05) is 13.8 Å². The molecule has 0 saturated heterocycles. The molecule has 0 aromatic heterocycles. The maximum atomic E-state index is 12.5. The van der Waals surface area contributed by atoms with E-state index in [2.05, 4.69) is 10.6 Å². The molecule has 1 aromatic rings. The summed E-state index contributed by atoms with van der Waals surface area (Å²) in [6.45, 7) is 5.78. The minimum Gasteiger partial charge on any atom is -0.354 e. The molecular formula is C17H24N2O4S2. The molecule has 2 atom stereocenters. The Labute approximate surface area is 153 Å². The number of anilines is 1. The first-order chi connectivity index (χ1) is 11.7. The Morgan fingerprint density at radius 1 is 1.44 bits per heavy atom. The lowest BCUT2D eigenvalue weighted by atomic mass is 10.2. The summed E-state index contributed by atoms with van der Waals surface area (Å²) in [7, 11) is -3.60. The first-order valence-corrected chi connectivity index (χ1v) is 10.9. The Hall–Kier alpha value is -1.54. The number of benzene rings is 1. The van der Waals surface area contributed by atoms with Crippen LogP contribution in [0.4, 0.5) is 5.69 Å². The van der Waals surface area contributed by atoms with Crippen LogP contribution in [0.25, 0.3) is 0 Å². The second-order valence-corrected chi connectivity index (χ2v) is 9.87. The SMILES string of the molecule is CC[C@@H](C)NC(=O)CCS(=O)(=O)c1ccc2c(c1)NC(=O)C[C@@H](C)S2. The van der Waals surface area contributed by atoms with Crippen molar-refractivity contribution in [2.45, 2.75) is 61.1 Å². The highest BCUT2D eigenvalue weighted by Crippen LogP contribution is 2.36. The predicted octanol–water partition coefficient (Wildman–Crippen LogP) is 2.59. The van der Waals surface area contributed by atoms with Gasteiger partial charge in [-0.3, -0.25) is 9.59 Å². The number of fused-ring (bicyclic) bond motifs is 1. The summed E-state index contributed by atoms with van der Waals surface area (Å²) in [4.78, 5) is 24.6. The topological polar surface area (TPSA) is 92.3 Å². The molecule has 0 bridgehead atoms. The van der Waals surface area contributed by atoms with Crippen LogP contribution in [0.5, 0.6) is 0 Å². The third kappa shape index (κ3) is 5.47. The number of hydrogen-bond donors (Lipinski definition) is 2. The van der Waals surface area contributed by atoms with E-state index in [-0.39, 0.29) is 40.2 Å². The summed E-state index contributed by atoms with van der Waals surface area (Å²) in [5.74, 6) is -0.655. The molecule has 2 amide bonds. The normalized spacial score (nSPS) is 18.7. The molecule has 0 unspecified atom stereocenters. The van der Waals surface area contributed by atoms with E-state index in [0.29, 0.717) is 12.1 Å². The van der Waals surface area contributed by atoms with Gasteiger partial charge in [0.1, 0.15) is 0 Å². The van der Waals surface area contributed by atoms with Crippen molar-refractivity contribution in [2.24, 2.45) is 0 Å².